The molecule has 2 heterocycles. The minimum absolute atomic E-state index is 0. The first-order valence-corrected chi connectivity index (χ1v) is 8.85. The fourth-order valence-corrected chi connectivity index (χ4v) is 3.46. The molecule has 1 fully saturated rings. The van der Waals surface area contributed by atoms with Crippen molar-refractivity contribution in [3.8, 4) is 0 Å². The predicted molar refractivity (Wildman–Crippen MR) is 108 cm³/mol. The molecule has 0 bridgehead atoms. The van der Waals surface area contributed by atoms with Crippen molar-refractivity contribution < 1.29 is 14.7 Å². The summed E-state index contributed by atoms with van der Waals surface area (Å²) < 4.78 is 0. The second kappa shape index (κ2) is 9.41. The third kappa shape index (κ3) is 5.01. The zero-order valence-corrected chi connectivity index (χ0v) is 16.1. The number of halogens is 1. The molecule has 8 heteroatoms. The Labute approximate surface area is 164 Å². The Bertz CT molecular complexity index is 788. The third-order valence-electron chi connectivity index (χ3n) is 4.93. The van der Waals surface area contributed by atoms with Gasteiger partial charge in [-0.25, -0.2) is 9.78 Å². The number of rotatable bonds is 5. The number of amides is 2. The van der Waals surface area contributed by atoms with Gasteiger partial charge >= 0.3 is 6.09 Å². The molecule has 0 saturated carbocycles. The van der Waals surface area contributed by atoms with Gasteiger partial charge in [0.25, 0.3) is 0 Å². The van der Waals surface area contributed by atoms with Crippen molar-refractivity contribution >= 4 is 41.0 Å². The number of carbonyl (C=O) groups excluding carboxylic acids is 1. The maximum absolute atomic E-state index is 11.5. The van der Waals surface area contributed by atoms with Gasteiger partial charge in [0, 0.05) is 38.3 Å². The molecule has 2 aromatic rings. The van der Waals surface area contributed by atoms with Crippen LogP contribution >= 0.6 is 12.4 Å². The minimum atomic E-state index is -1.05. The van der Waals surface area contributed by atoms with Crippen molar-refractivity contribution in [1.29, 1.82) is 0 Å². The molecule has 2 amide bonds. The van der Waals surface area contributed by atoms with Crippen LogP contribution in [0.2, 0.25) is 0 Å². The van der Waals surface area contributed by atoms with E-state index >= 15 is 0 Å². The number of carbonyl (C=O) groups is 2. The summed E-state index contributed by atoms with van der Waals surface area (Å²) in [6.07, 6.45) is 2.54. The SMILES string of the molecule is CNC(=O)CN(CC1CCN(c2nccc3ccccc23)CC1)C(=O)O.Cl. The first-order chi connectivity index (χ1) is 12.6. The molecule has 0 radical (unpaired) electrons. The van der Waals surface area contributed by atoms with Crippen molar-refractivity contribution in [3.05, 3.63) is 36.5 Å². The van der Waals surface area contributed by atoms with Gasteiger partial charge in [0.1, 0.15) is 12.4 Å². The van der Waals surface area contributed by atoms with E-state index < -0.39 is 6.09 Å². The average Bonchev–Trinajstić information content (AvgIpc) is 2.67. The maximum Gasteiger partial charge on any atom is 0.407 e. The lowest BCUT2D eigenvalue weighted by atomic mass is 9.96. The number of carboxylic acid groups (broad SMARTS) is 1. The summed E-state index contributed by atoms with van der Waals surface area (Å²) in [6.45, 7) is 1.94. The Morgan fingerprint density at radius 1 is 1.26 bits per heavy atom. The summed E-state index contributed by atoms with van der Waals surface area (Å²) in [5.74, 6) is 0.953. The van der Waals surface area contributed by atoms with Crippen molar-refractivity contribution in [2.75, 3.05) is 38.1 Å². The Kier molecular flexibility index (Phi) is 7.24. The molecule has 2 N–H and O–H groups in total. The number of likely N-dealkylation sites (N-methyl/N-ethyl adjacent to an activating group) is 1. The van der Waals surface area contributed by atoms with Crippen LogP contribution in [0.15, 0.2) is 36.5 Å². The molecule has 27 heavy (non-hydrogen) atoms. The zero-order chi connectivity index (χ0) is 18.5. The number of nitrogens with zero attached hydrogens (tertiary/aromatic N) is 3. The van der Waals surface area contributed by atoms with Crippen LogP contribution in [0.1, 0.15) is 12.8 Å². The highest BCUT2D eigenvalue weighted by molar-refractivity contribution is 5.92. The normalized spacial score (nSPS) is 14.5. The third-order valence-corrected chi connectivity index (χ3v) is 4.93. The number of hydrogen-bond donors (Lipinski definition) is 2. The number of hydrogen-bond acceptors (Lipinski definition) is 4. The summed E-state index contributed by atoms with van der Waals surface area (Å²) in [4.78, 5) is 30.9. The van der Waals surface area contributed by atoms with Gasteiger partial charge in [0.2, 0.25) is 5.91 Å². The van der Waals surface area contributed by atoms with Gasteiger partial charge in [-0.3, -0.25) is 9.69 Å². The summed E-state index contributed by atoms with van der Waals surface area (Å²) in [7, 11) is 1.51. The average molecular weight is 393 g/mol. The smallest absolute Gasteiger partial charge is 0.407 e. The topological polar surface area (TPSA) is 85.8 Å². The molecule has 1 saturated heterocycles. The standard InChI is InChI=1S/C19H24N4O3.ClH/c1-20-17(24)13-23(19(25)26)12-14-7-10-22(11-8-14)18-16-5-3-2-4-15(16)6-9-21-18;/h2-6,9,14H,7-8,10-13H2,1H3,(H,20,24)(H,25,26);1H. The first-order valence-electron chi connectivity index (χ1n) is 8.85. The van der Waals surface area contributed by atoms with Gasteiger partial charge < -0.3 is 15.3 Å². The van der Waals surface area contributed by atoms with Crippen LogP contribution in [0.25, 0.3) is 10.8 Å². The summed E-state index contributed by atoms with van der Waals surface area (Å²) >= 11 is 0. The Balaban J connectivity index is 0.00000261. The summed E-state index contributed by atoms with van der Waals surface area (Å²) in [5, 5.41) is 14.1. The van der Waals surface area contributed by atoms with E-state index in [0.717, 1.165) is 37.1 Å². The van der Waals surface area contributed by atoms with Crippen LogP contribution in [0.3, 0.4) is 0 Å². The largest absolute Gasteiger partial charge is 0.465 e. The van der Waals surface area contributed by atoms with Crippen molar-refractivity contribution in [3.63, 3.8) is 0 Å². The lowest BCUT2D eigenvalue weighted by Crippen LogP contribution is -2.44. The van der Waals surface area contributed by atoms with E-state index in [1.165, 1.54) is 17.3 Å². The monoisotopic (exact) mass is 392 g/mol. The van der Waals surface area contributed by atoms with Crippen LogP contribution in [0.5, 0.6) is 0 Å². The lowest BCUT2D eigenvalue weighted by molar-refractivity contribution is -0.121. The van der Waals surface area contributed by atoms with E-state index in [1.807, 2.05) is 24.4 Å². The van der Waals surface area contributed by atoms with Crippen molar-refractivity contribution in [2.24, 2.45) is 5.92 Å². The molecule has 146 valence electrons. The van der Waals surface area contributed by atoms with Crippen LogP contribution in [-0.2, 0) is 4.79 Å². The molecule has 1 aromatic heterocycles. The molecule has 0 unspecified atom stereocenters. The maximum atomic E-state index is 11.5. The van der Waals surface area contributed by atoms with Gasteiger partial charge in [-0.2, -0.15) is 0 Å². The number of anilines is 1. The molecule has 7 nitrogen and oxygen atoms in total. The van der Waals surface area contributed by atoms with Crippen molar-refractivity contribution in [1.82, 2.24) is 15.2 Å². The second-order valence-corrected chi connectivity index (χ2v) is 6.62. The number of nitrogens with one attached hydrogen (secondary N) is 1. The van der Waals surface area contributed by atoms with Gasteiger partial charge in [-0.15, -0.1) is 12.4 Å². The Morgan fingerprint density at radius 2 is 1.96 bits per heavy atom. The Hall–Kier alpha value is -2.54. The van der Waals surface area contributed by atoms with Gasteiger partial charge in [-0.1, -0.05) is 24.3 Å². The molecule has 0 spiro atoms. The molecule has 0 aliphatic carbocycles. The highest BCUT2D eigenvalue weighted by atomic mass is 35.5. The quantitative estimate of drug-likeness (QED) is 0.816. The van der Waals surface area contributed by atoms with Crippen LogP contribution in [0.4, 0.5) is 10.6 Å². The number of benzene rings is 1. The molecular weight excluding hydrogens is 368 g/mol. The second-order valence-electron chi connectivity index (χ2n) is 6.62. The number of fused-ring (bicyclic) bond motifs is 1. The van der Waals surface area contributed by atoms with Crippen LogP contribution in [0, 0.1) is 5.92 Å². The van der Waals surface area contributed by atoms with Gasteiger partial charge in [0.15, 0.2) is 0 Å². The van der Waals surface area contributed by atoms with E-state index in [1.54, 1.807) is 0 Å². The summed E-state index contributed by atoms with van der Waals surface area (Å²) in [6, 6.07) is 10.2. The number of aromatic nitrogens is 1. The lowest BCUT2D eigenvalue weighted by Gasteiger charge is -2.35. The van der Waals surface area contributed by atoms with Crippen LogP contribution in [-0.4, -0.2) is 60.2 Å². The highest BCUT2D eigenvalue weighted by Crippen LogP contribution is 2.28. The summed E-state index contributed by atoms with van der Waals surface area (Å²) in [5.41, 5.74) is 0. The number of pyridine rings is 1. The predicted octanol–water partition coefficient (Wildman–Crippen LogP) is 2.60. The fourth-order valence-electron chi connectivity index (χ4n) is 3.46. The van der Waals surface area contributed by atoms with E-state index in [4.69, 9.17) is 0 Å². The van der Waals surface area contributed by atoms with Gasteiger partial charge in [-0.05, 0) is 30.2 Å². The highest BCUT2D eigenvalue weighted by Gasteiger charge is 2.25. The van der Waals surface area contributed by atoms with E-state index in [9.17, 15) is 14.7 Å². The molecule has 1 aliphatic heterocycles. The molecule has 1 aliphatic rings. The fraction of sp³-hybridized carbons (Fsp3) is 0.421. The first kappa shape index (κ1) is 20.8. The van der Waals surface area contributed by atoms with Crippen LogP contribution < -0.4 is 10.2 Å². The Morgan fingerprint density at radius 3 is 2.63 bits per heavy atom. The van der Waals surface area contributed by atoms with E-state index in [0.29, 0.717) is 6.54 Å². The number of piperidine rings is 1. The van der Waals surface area contributed by atoms with E-state index in [2.05, 4.69) is 27.3 Å². The molecule has 1 aromatic carbocycles. The van der Waals surface area contributed by atoms with Crippen molar-refractivity contribution in [2.45, 2.75) is 12.8 Å². The molecular formula is C19H25ClN4O3. The molecule has 3 rings (SSSR count). The van der Waals surface area contributed by atoms with E-state index in [-0.39, 0.29) is 30.8 Å². The molecule has 0 atom stereocenters. The minimum Gasteiger partial charge on any atom is -0.465 e. The zero-order valence-electron chi connectivity index (χ0n) is 15.3. The van der Waals surface area contributed by atoms with Gasteiger partial charge in [0.05, 0.1) is 0 Å².